The molecule has 0 unspecified atom stereocenters. The number of carbonyl (C=O) groups is 2. The third kappa shape index (κ3) is 2.65. The molecule has 1 aliphatic heterocycles. The Morgan fingerprint density at radius 3 is 2.74 bits per heavy atom. The first-order valence-corrected chi connectivity index (χ1v) is 8.73. The van der Waals surface area contributed by atoms with Crippen LogP contribution in [0.4, 0.5) is 0 Å². The summed E-state index contributed by atoms with van der Waals surface area (Å²) in [6.07, 6.45) is 1.58. The van der Waals surface area contributed by atoms with Crippen molar-refractivity contribution < 1.29 is 18.7 Å². The van der Waals surface area contributed by atoms with E-state index in [2.05, 4.69) is 11.6 Å². The second kappa shape index (κ2) is 6.46. The number of nitrogens with one attached hydrogen (secondary N) is 1. The van der Waals surface area contributed by atoms with Gasteiger partial charge in [0.2, 0.25) is 5.91 Å². The van der Waals surface area contributed by atoms with Crippen LogP contribution in [0, 0.1) is 6.92 Å². The summed E-state index contributed by atoms with van der Waals surface area (Å²) >= 11 is 0. The molecule has 138 valence electrons. The van der Waals surface area contributed by atoms with Gasteiger partial charge in [-0.1, -0.05) is 24.8 Å². The molecule has 4 rings (SSSR count). The number of furan rings is 1. The molecule has 0 bridgehead atoms. The van der Waals surface area contributed by atoms with E-state index in [9.17, 15) is 9.59 Å². The van der Waals surface area contributed by atoms with E-state index in [0.717, 1.165) is 27.9 Å². The summed E-state index contributed by atoms with van der Waals surface area (Å²) in [5.74, 6) is 0.501. The van der Waals surface area contributed by atoms with Gasteiger partial charge < -0.3 is 19.0 Å². The molecule has 3 aromatic rings. The fourth-order valence-corrected chi connectivity index (χ4v) is 3.88. The predicted octanol–water partition coefficient (Wildman–Crippen LogP) is 3.27. The number of rotatable bonds is 3. The molecule has 1 N–H and O–H groups in total. The topological polar surface area (TPSA) is 75.5 Å². The Bertz CT molecular complexity index is 1050. The van der Waals surface area contributed by atoms with Crippen LogP contribution in [0.15, 0.2) is 53.5 Å². The van der Waals surface area contributed by atoms with Gasteiger partial charge in [0.1, 0.15) is 23.6 Å². The minimum atomic E-state index is -0.761. The number of benzene rings is 1. The fraction of sp³-hybridized carbons (Fsp3) is 0.238. The largest absolute Gasteiger partial charge is 0.467 e. The minimum absolute atomic E-state index is 0.353. The number of para-hydroxylation sites is 1. The number of amides is 1. The number of ether oxygens (including phenoxy) is 1. The maximum absolute atomic E-state index is 12.8. The molecule has 6 heteroatoms. The number of aromatic nitrogens is 1. The third-order valence-electron chi connectivity index (χ3n) is 5.06. The van der Waals surface area contributed by atoms with Gasteiger partial charge in [-0.2, -0.15) is 0 Å². The molecular formula is C21H20N2O4. The first-order valence-electron chi connectivity index (χ1n) is 8.73. The van der Waals surface area contributed by atoms with Gasteiger partial charge in [-0.3, -0.25) is 4.79 Å². The normalized spacial score (nSPS) is 19.0. The van der Waals surface area contributed by atoms with Crippen LogP contribution in [0.25, 0.3) is 10.9 Å². The summed E-state index contributed by atoms with van der Waals surface area (Å²) in [6.45, 7) is 5.45. The standard InChI is InChI=1S/C21H20N2O4/c1-4-18(24)23-16(21(25)26-3)11-14-13-7-5-6-8-15(13)22-19(14)20(23)17-10-9-12(2)27-17/h4-10,16,20,22H,1,11H2,2-3H3/t16-,20-/m0/s1. The highest BCUT2D eigenvalue weighted by molar-refractivity contribution is 5.94. The number of aryl methyl sites for hydroxylation is 1. The minimum Gasteiger partial charge on any atom is -0.467 e. The summed E-state index contributed by atoms with van der Waals surface area (Å²) in [4.78, 5) is 30.2. The van der Waals surface area contributed by atoms with Crippen molar-refractivity contribution in [1.82, 2.24) is 9.88 Å². The van der Waals surface area contributed by atoms with Crippen molar-refractivity contribution >= 4 is 22.8 Å². The van der Waals surface area contributed by atoms with Crippen LogP contribution in [0.5, 0.6) is 0 Å². The summed E-state index contributed by atoms with van der Waals surface area (Å²) < 4.78 is 10.9. The molecule has 0 aliphatic carbocycles. The van der Waals surface area contributed by atoms with Gasteiger partial charge in [-0.05, 0) is 36.8 Å². The first-order chi connectivity index (χ1) is 13.0. The number of fused-ring (bicyclic) bond motifs is 3. The van der Waals surface area contributed by atoms with E-state index in [-0.39, 0.29) is 5.91 Å². The average molecular weight is 364 g/mol. The highest BCUT2D eigenvalue weighted by atomic mass is 16.5. The van der Waals surface area contributed by atoms with Gasteiger partial charge in [-0.25, -0.2) is 4.79 Å². The highest BCUT2D eigenvalue weighted by Crippen LogP contribution is 2.41. The molecule has 3 heterocycles. The summed E-state index contributed by atoms with van der Waals surface area (Å²) in [6, 6.07) is 10.2. The van der Waals surface area contributed by atoms with Crippen molar-refractivity contribution in [2.45, 2.75) is 25.4 Å². The Kier molecular flexibility index (Phi) is 4.11. The molecule has 6 nitrogen and oxygen atoms in total. The molecule has 1 aromatic carbocycles. The molecule has 2 aromatic heterocycles. The molecular weight excluding hydrogens is 344 g/mol. The first kappa shape index (κ1) is 17.1. The number of aromatic amines is 1. The number of H-pyrrole nitrogens is 1. The van der Waals surface area contributed by atoms with Crippen LogP contribution in [0.3, 0.4) is 0 Å². The van der Waals surface area contributed by atoms with E-state index < -0.39 is 18.1 Å². The number of hydrogen-bond acceptors (Lipinski definition) is 4. The number of hydrogen-bond donors (Lipinski definition) is 1. The monoisotopic (exact) mass is 364 g/mol. The predicted molar refractivity (Wildman–Crippen MR) is 100 cm³/mol. The van der Waals surface area contributed by atoms with Gasteiger partial charge in [0.05, 0.1) is 12.8 Å². The fourth-order valence-electron chi connectivity index (χ4n) is 3.88. The quantitative estimate of drug-likeness (QED) is 0.572. The van der Waals surface area contributed by atoms with Crippen molar-refractivity contribution in [1.29, 1.82) is 0 Å². The van der Waals surface area contributed by atoms with Gasteiger partial charge in [0.15, 0.2) is 0 Å². The lowest BCUT2D eigenvalue weighted by atomic mass is 9.90. The van der Waals surface area contributed by atoms with Crippen molar-refractivity contribution in [3.8, 4) is 0 Å². The van der Waals surface area contributed by atoms with Crippen molar-refractivity contribution in [3.63, 3.8) is 0 Å². The maximum Gasteiger partial charge on any atom is 0.328 e. The molecule has 27 heavy (non-hydrogen) atoms. The Labute approximate surface area is 156 Å². The van der Waals surface area contributed by atoms with Crippen LogP contribution < -0.4 is 0 Å². The molecule has 0 fully saturated rings. The Morgan fingerprint density at radius 2 is 2.07 bits per heavy atom. The SMILES string of the molecule is C=CC(=O)N1[C@@H](c2ccc(C)o2)c2[nH]c3ccccc3c2C[C@H]1C(=O)OC. The Hall–Kier alpha value is -3.28. The molecule has 2 atom stereocenters. The third-order valence-corrected chi connectivity index (χ3v) is 5.06. The van der Waals surface area contributed by atoms with Crippen LogP contribution in [0.2, 0.25) is 0 Å². The molecule has 1 aliphatic rings. The number of esters is 1. The van der Waals surface area contributed by atoms with E-state index >= 15 is 0 Å². The van der Waals surface area contributed by atoms with E-state index in [1.165, 1.54) is 18.1 Å². The Morgan fingerprint density at radius 1 is 1.30 bits per heavy atom. The second-order valence-corrected chi connectivity index (χ2v) is 6.61. The second-order valence-electron chi connectivity index (χ2n) is 6.61. The van der Waals surface area contributed by atoms with Crippen LogP contribution in [-0.4, -0.2) is 34.9 Å². The average Bonchev–Trinajstić information content (AvgIpc) is 3.28. The molecule has 0 radical (unpaired) electrons. The molecule has 0 spiro atoms. The van der Waals surface area contributed by atoms with Gasteiger partial charge in [-0.15, -0.1) is 0 Å². The van der Waals surface area contributed by atoms with E-state index in [1.54, 1.807) is 0 Å². The highest BCUT2D eigenvalue weighted by Gasteiger charge is 2.44. The molecule has 1 amide bonds. The lowest BCUT2D eigenvalue weighted by Crippen LogP contribution is -2.51. The zero-order valence-corrected chi connectivity index (χ0v) is 15.2. The van der Waals surface area contributed by atoms with Gasteiger partial charge in [0, 0.05) is 17.3 Å². The van der Waals surface area contributed by atoms with Gasteiger partial charge in [0.25, 0.3) is 0 Å². The van der Waals surface area contributed by atoms with E-state index in [4.69, 9.17) is 9.15 Å². The smallest absolute Gasteiger partial charge is 0.328 e. The summed E-state index contributed by atoms with van der Waals surface area (Å²) in [7, 11) is 1.33. The molecule has 0 saturated carbocycles. The van der Waals surface area contributed by atoms with E-state index in [0.29, 0.717) is 12.2 Å². The van der Waals surface area contributed by atoms with Crippen LogP contribution in [0.1, 0.15) is 28.8 Å². The van der Waals surface area contributed by atoms with E-state index in [1.807, 2.05) is 43.3 Å². The number of methoxy groups -OCH3 is 1. The number of nitrogens with zero attached hydrogens (tertiary/aromatic N) is 1. The number of carbonyl (C=O) groups excluding carboxylic acids is 2. The van der Waals surface area contributed by atoms with Crippen LogP contribution in [-0.2, 0) is 20.7 Å². The van der Waals surface area contributed by atoms with Gasteiger partial charge >= 0.3 is 5.97 Å². The van der Waals surface area contributed by atoms with Crippen molar-refractivity contribution in [3.05, 3.63) is 71.8 Å². The Balaban J connectivity index is 1.99. The lowest BCUT2D eigenvalue weighted by Gasteiger charge is -2.39. The van der Waals surface area contributed by atoms with Crippen LogP contribution >= 0.6 is 0 Å². The zero-order chi connectivity index (χ0) is 19.1. The lowest BCUT2D eigenvalue weighted by molar-refractivity contribution is -0.153. The zero-order valence-electron chi connectivity index (χ0n) is 15.2. The van der Waals surface area contributed by atoms with Crippen molar-refractivity contribution in [2.75, 3.05) is 7.11 Å². The summed E-state index contributed by atoms with van der Waals surface area (Å²) in [5.41, 5.74) is 2.79. The van der Waals surface area contributed by atoms with Crippen molar-refractivity contribution in [2.24, 2.45) is 0 Å². The maximum atomic E-state index is 12.8. The molecule has 0 saturated heterocycles. The summed E-state index contributed by atoms with van der Waals surface area (Å²) in [5, 5.41) is 1.03.